The van der Waals surface area contributed by atoms with Gasteiger partial charge in [0.2, 0.25) is 0 Å². The van der Waals surface area contributed by atoms with Gasteiger partial charge in [0.25, 0.3) is 0 Å². The number of hydrogen-bond donors (Lipinski definition) is 0. The van der Waals surface area contributed by atoms with Gasteiger partial charge in [0, 0.05) is 31.8 Å². The summed E-state index contributed by atoms with van der Waals surface area (Å²) in [5, 5.41) is 0. The molecule has 0 atom stereocenters. The average molecular weight is 191 g/mol. The molecule has 0 radical (unpaired) electrons. The van der Waals surface area contributed by atoms with E-state index in [9.17, 15) is 4.79 Å². The number of aryl methyl sites for hydroxylation is 1. The number of ketones is 1. The molecule has 0 N–H and O–H groups in total. The molecule has 14 heavy (non-hydrogen) atoms. The molecule has 0 amide bonds. The van der Waals surface area contributed by atoms with Crippen LogP contribution in [0.3, 0.4) is 0 Å². The van der Waals surface area contributed by atoms with Crippen LogP contribution in [0, 0.1) is 6.92 Å². The first-order valence-corrected chi connectivity index (χ1v) is 4.88. The molecular weight excluding hydrogens is 174 g/mol. The number of benzene rings is 1. The fourth-order valence-electron chi connectivity index (χ4n) is 1.67. The smallest absolute Gasteiger partial charge is 0.164 e. The number of hydrogen-bond acceptors (Lipinski definition) is 2. The molecule has 0 saturated heterocycles. The van der Waals surface area contributed by atoms with Gasteiger partial charge in [0.1, 0.15) is 0 Å². The summed E-state index contributed by atoms with van der Waals surface area (Å²) in [5.41, 5.74) is 3.02. The van der Waals surface area contributed by atoms with Gasteiger partial charge in [0.15, 0.2) is 5.78 Å². The number of para-hydroxylation sites is 1. The maximum absolute atomic E-state index is 11.7. The lowest BCUT2D eigenvalue weighted by atomic mass is 10.0. The van der Waals surface area contributed by atoms with E-state index >= 15 is 0 Å². The van der Waals surface area contributed by atoms with E-state index < -0.39 is 0 Å². The first kappa shape index (κ1) is 10.8. The summed E-state index contributed by atoms with van der Waals surface area (Å²) in [5.74, 6) is 0.206. The topological polar surface area (TPSA) is 20.3 Å². The van der Waals surface area contributed by atoms with Crippen molar-refractivity contribution in [2.45, 2.75) is 20.3 Å². The van der Waals surface area contributed by atoms with Gasteiger partial charge in [-0.05, 0) is 18.6 Å². The van der Waals surface area contributed by atoms with Gasteiger partial charge in [0.05, 0.1) is 0 Å². The zero-order valence-corrected chi connectivity index (χ0v) is 9.29. The summed E-state index contributed by atoms with van der Waals surface area (Å²) in [6, 6.07) is 5.86. The second-order valence-electron chi connectivity index (χ2n) is 3.64. The van der Waals surface area contributed by atoms with Crippen molar-refractivity contribution in [3.63, 3.8) is 0 Å². The van der Waals surface area contributed by atoms with E-state index in [0.717, 1.165) is 16.8 Å². The van der Waals surface area contributed by atoms with Gasteiger partial charge in [-0.1, -0.05) is 19.1 Å². The van der Waals surface area contributed by atoms with Gasteiger partial charge in [-0.3, -0.25) is 4.79 Å². The van der Waals surface area contributed by atoms with E-state index in [1.807, 2.05) is 51.0 Å². The lowest BCUT2D eigenvalue weighted by Crippen LogP contribution is -2.15. The Kier molecular flexibility index (Phi) is 3.28. The normalized spacial score (nSPS) is 10.0. The van der Waals surface area contributed by atoms with Gasteiger partial charge in [-0.15, -0.1) is 0 Å². The lowest BCUT2D eigenvalue weighted by molar-refractivity contribution is 0.0988. The van der Waals surface area contributed by atoms with E-state index in [0.29, 0.717) is 6.42 Å². The molecule has 0 heterocycles. The summed E-state index contributed by atoms with van der Waals surface area (Å²) in [7, 11) is 3.93. The number of rotatable bonds is 3. The van der Waals surface area contributed by atoms with Crippen molar-refractivity contribution in [2.24, 2.45) is 0 Å². The minimum Gasteiger partial charge on any atom is -0.377 e. The Morgan fingerprint density at radius 1 is 1.36 bits per heavy atom. The predicted molar refractivity (Wildman–Crippen MR) is 60.1 cm³/mol. The highest BCUT2D eigenvalue weighted by Crippen LogP contribution is 2.24. The Hall–Kier alpha value is -1.31. The molecule has 0 aliphatic carbocycles. The highest BCUT2D eigenvalue weighted by Gasteiger charge is 2.12. The summed E-state index contributed by atoms with van der Waals surface area (Å²) in [6.07, 6.45) is 0.560. The molecule has 0 aliphatic heterocycles. The lowest BCUT2D eigenvalue weighted by Gasteiger charge is -2.19. The van der Waals surface area contributed by atoms with E-state index in [4.69, 9.17) is 0 Å². The number of carbonyl (C=O) groups is 1. The molecule has 0 aliphatic rings. The fraction of sp³-hybridized carbons (Fsp3) is 0.417. The molecule has 0 bridgehead atoms. The summed E-state index contributed by atoms with van der Waals surface area (Å²) >= 11 is 0. The van der Waals surface area contributed by atoms with Crippen molar-refractivity contribution in [3.8, 4) is 0 Å². The monoisotopic (exact) mass is 191 g/mol. The van der Waals surface area contributed by atoms with Crippen LogP contribution in [0.2, 0.25) is 0 Å². The van der Waals surface area contributed by atoms with Crippen molar-refractivity contribution < 1.29 is 4.79 Å². The van der Waals surface area contributed by atoms with Crippen LogP contribution < -0.4 is 4.90 Å². The van der Waals surface area contributed by atoms with Crippen molar-refractivity contribution in [2.75, 3.05) is 19.0 Å². The Bertz CT molecular complexity index is 342. The van der Waals surface area contributed by atoms with Crippen LogP contribution in [-0.2, 0) is 0 Å². The van der Waals surface area contributed by atoms with E-state index in [1.54, 1.807) is 0 Å². The molecule has 76 valence electrons. The van der Waals surface area contributed by atoms with Crippen LogP contribution in [0.15, 0.2) is 18.2 Å². The molecule has 0 spiro atoms. The molecule has 2 nitrogen and oxygen atoms in total. The zero-order valence-electron chi connectivity index (χ0n) is 9.29. The third-order valence-corrected chi connectivity index (χ3v) is 2.31. The molecule has 2 heteroatoms. The standard InChI is InChI=1S/C12H17NO/c1-5-11(14)10-8-6-7-9(2)12(10)13(3)4/h6-8H,5H2,1-4H3. The maximum atomic E-state index is 11.7. The SMILES string of the molecule is CCC(=O)c1cccc(C)c1N(C)C. The van der Waals surface area contributed by atoms with E-state index in [2.05, 4.69) is 0 Å². The number of carbonyl (C=O) groups excluding carboxylic acids is 1. The van der Waals surface area contributed by atoms with Crippen LogP contribution in [-0.4, -0.2) is 19.9 Å². The van der Waals surface area contributed by atoms with Crippen LogP contribution >= 0.6 is 0 Å². The van der Waals surface area contributed by atoms with Crippen LogP contribution in [0.5, 0.6) is 0 Å². The third kappa shape index (κ3) is 1.95. The second-order valence-corrected chi connectivity index (χ2v) is 3.64. The second kappa shape index (κ2) is 4.27. The third-order valence-electron chi connectivity index (χ3n) is 2.31. The van der Waals surface area contributed by atoms with Gasteiger partial charge in [-0.2, -0.15) is 0 Å². The van der Waals surface area contributed by atoms with Gasteiger partial charge < -0.3 is 4.90 Å². The molecule has 0 saturated carbocycles. The van der Waals surface area contributed by atoms with Crippen LogP contribution in [0.1, 0.15) is 29.3 Å². The Labute approximate surface area is 85.5 Å². The molecular formula is C12H17NO. The Balaban J connectivity index is 3.28. The molecule has 0 fully saturated rings. The molecule has 0 unspecified atom stereocenters. The summed E-state index contributed by atoms with van der Waals surface area (Å²) in [6.45, 7) is 3.92. The van der Waals surface area contributed by atoms with E-state index in [1.165, 1.54) is 0 Å². The summed E-state index contributed by atoms with van der Waals surface area (Å²) in [4.78, 5) is 13.7. The van der Waals surface area contributed by atoms with Crippen LogP contribution in [0.4, 0.5) is 5.69 Å². The minimum atomic E-state index is 0.206. The summed E-state index contributed by atoms with van der Waals surface area (Å²) < 4.78 is 0. The van der Waals surface area contributed by atoms with Crippen molar-refractivity contribution in [1.29, 1.82) is 0 Å². The Morgan fingerprint density at radius 2 is 2.00 bits per heavy atom. The molecule has 1 aromatic carbocycles. The van der Waals surface area contributed by atoms with Crippen molar-refractivity contribution >= 4 is 11.5 Å². The zero-order chi connectivity index (χ0) is 10.7. The fourth-order valence-corrected chi connectivity index (χ4v) is 1.67. The number of Topliss-reactive ketones (excluding diaryl/α,β-unsaturated/α-hetero) is 1. The minimum absolute atomic E-state index is 0.206. The van der Waals surface area contributed by atoms with Crippen molar-refractivity contribution in [3.05, 3.63) is 29.3 Å². The largest absolute Gasteiger partial charge is 0.377 e. The molecule has 0 aromatic heterocycles. The quantitative estimate of drug-likeness (QED) is 0.684. The maximum Gasteiger partial charge on any atom is 0.164 e. The first-order chi connectivity index (χ1) is 6.57. The van der Waals surface area contributed by atoms with Gasteiger partial charge >= 0.3 is 0 Å². The molecule has 1 aromatic rings. The average Bonchev–Trinajstić information content (AvgIpc) is 2.15. The highest BCUT2D eigenvalue weighted by atomic mass is 16.1. The predicted octanol–water partition coefficient (Wildman–Crippen LogP) is 2.65. The van der Waals surface area contributed by atoms with E-state index in [-0.39, 0.29) is 5.78 Å². The number of nitrogens with zero attached hydrogens (tertiary/aromatic N) is 1. The van der Waals surface area contributed by atoms with Crippen LogP contribution in [0.25, 0.3) is 0 Å². The highest BCUT2D eigenvalue weighted by molar-refractivity contribution is 6.01. The van der Waals surface area contributed by atoms with Gasteiger partial charge in [-0.25, -0.2) is 0 Å². The molecule has 1 rings (SSSR count). The first-order valence-electron chi connectivity index (χ1n) is 4.88. The Morgan fingerprint density at radius 3 is 2.50 bits per heavy atom. The van der Waals surface area contributed by atoms with Crippen molar-refractivity contribution in [1.82, 2.24) is 0 Å². The number of anilines is 1.